The summed E-state index contributed by atoms with van der Waals surface area (Å²) in [5.74, 6) is 1.14. The number of carbonyl (C=O) groups excluding carboxylic acids is 1. The first-order valence-corrected chi connectivity index (χ1v) is 6.23. The molecule has 18 heavy (non-hydrogen) atoms. The van der Waals surface area contributed by atoms with Crippen molar-refractivity contribution in [2.24, 2.45) is 11.7 Å². The highest BCUT2D eigenvalue weighted by atomic mass is 16.5. The molecule has 4 nitrogen and oxygen atoms in total. The van der Waals surface area contributed by atoms with Crippen molar-refractivity contribution in [1.82, 2.24) is 0 Å². The van der Waals surface area contributed by atoms with Gasteiger partial charge in [0.15, 0.2) is 0 Å². The van der Waals surface area contributed by atoms with Gasteiger partial charge < -0.3 is 15.4 Å². The molecule has 0 saturated heterocycles. The summed E-state index contributed by atoms with van der Waals surface area (Å²) in [7, 11) is 3.41. The fourth-order valence-corrected chi connectivity index (χ4v) is 1.73. The Hall–Kier alpha value is -1.55. The Balaban J connectivity index is 2.67. The maximum absolute atomic E-state index is 12.1. The average molecular weight is 250 g/mol. The molecule has 0 aliphatic rings. The lowest BCUT2D eigenvalue weighted by molar-refractivity contribution is -0.119. The zero-order chi connectivity index (χ0) is 13.5. The van der Waals surface area contributed by atoms with Gasteiger partial charge in [-0.05, 0) is 36.7 Å². The van der Waals surface area contributed by atoms with E-state index in [1.54, 1.807) is 19.1 Å². The summed E-state index contributed by atoms with van der Waals surface area (Å²) in [6.45, 7) is 2.61. The fourth-order valence-electron chi connectivity index (χ4n) is 1.73. The monoisotopic (exact) mass is 250 g/mol. The van der Waals surface area contributed by atoms with Crippen molar-refractivity contribution in [2.75, 3.05) is 25.6 Å². The van der Waals surface area contributed by atoms with Gasteiger partial charge in [-0.2, -0.15) is 0 Å². The van der Waals surface area contributed by atoms with Gasteiger partial charge in [0.25, 0.3) is 0 Å². The third kappa shape index (κ3) is 3.74. The van der Waals surface area contributed by atoms with E-state index in [0.717, 1.165) is 17.9 Å². The molecule has 0 aliphatic carbocycles. The van der Waals surface area contributed by atoms with Gasteiger partial charge in [0.05, 0.1) is 7.11 Å². The molecule has 0 saturated carbocycles. The highest BCUT2D eigenvalue weighted by Gasteiger charge is 2.15. The summed E-state index contributed by atoms with van der Waals surface area (Å²) in [5.41, 5.74) is 6.49. The van der Waals surface area contributed by atoms with Crippen molar-refractivity contribution < 1.29 is 9.53 Å². The number of nitrogens with zero attached hydrogens (tertiary/aromatic N) is 1. The summed E-state index contributed by atoms with van der Waals surface area (Å²) in [4.78, 5) is 13.7. The number of carbonyl (C=O) groups is 1. The quantitative estimate of drug-likeness (QED) is 0.840. The summed E-state index contributed by atoms with van der Waals surface area (Å²) in [5, 5.41) is 0. The third-order valence-electron chi connectivity index (χ3n) is 3.21. The largest absolute Gasteiger partial charge is 0.497 e. The number of anilines is 1. The van der Waals surface area contributed by atoms with Crippen LogP contribution >= 0.6 is 0 Å². The first-order valence-electron chi connectivity index (χ1n) is 6.23. The zero-order valence-corrected chi connectivity index (χ0v) is 11.3. The Morgan fingerprint density at radius 3 is 2.44 bits per heavy atom. The lowest BCUT2D eigenvalue weighted by atomic mass is 10.0. The minimum absolute atomic E-state index is 0.0949. The SMILES string of the molecule is CCC(CN)CC(=O)N(C)c1ccc(OC)cc1. The predicted molar refractivity (Wildman–Crippen MR) is 73.9 cm³/mol. The Morgan fingerprint density at radius 2 is 2.00 bits per heavy atom. The van der Waals surface area contributed by atoms with E-state index in [1.807, 2.05) is 24.3 Å². The van der Waals surface area contributed by atoms with E-state index < -0.39 is 0 Å². The highest BCUT2D eigenvalue weighted by molar-refractivity contribution is 5.92. The Kier molecular flexibility index (Phi) is 5.65. The van der Waals surface area contributed by atoms with Crippen LogP contribution in [0.25, 0.3) is 0 Å². The van der Waals surface area contributed by atoms with E-state index >= 15 is 0 Å². The second-order valence-corrected chi connectivity index (χ2v) is 4.36. The molecular formula is C14H22N2O2. The first kappa shape index (κ1) is 14.5. The molecule has 0 radical (unpaired) electrons. The van der Waals surface area contributed by atoms with E-state index in [1.165, 1.54) is 0 Å². The smallest absolute Gasteiger partial charge is 0.227 e. The van der Waals surface area contributed by atoms with Gasteiger partial charge in [-0.3, -0.25) is 4.79 Å². The Morgan fingerprint density at radius 1 is 1.39 bits per heavy atom. The molecule has 4 heteroatoms. The lowest BCUT2D eigenvalue weighted by Crippen LogP contribution is -2.30. The fraction of sp³-hybridized carbons (Fsp3) is 0.500. The lowest BCUT2D eigenvalue weighted by Gasteiger charge is -2.20. The van der Waals surface area contributed by atoms with Crippen LogP contribution in [-0.2, 0) is 4.79 Å². The Labute approximate surface area is 109 Å². The van der Waals surface area contributed by atoms with E-state index in [9.17, 15) is 4.79 Å². The van der Waals surface area contributed by atoms with Gasteiger partial charge in [0, 0.05) is 19.2 Å². The number of methoxy groups -OCH3 is 1. The summed E-state index contributed by atoms with van der Waals surface area (Å²) >= 11 is 0. The van der Waals surface area contributed by atoms with E-state index in [0.29, 0.717) is 13.0 Å². The molecule has 1 atom stereocenters. The summed E-state index contributed by atoms with van der Waals surface area (Å²) in [6, 6.07) is 7.44. The van der Waals surface area contributed by atoms with Gasteiger partial charge in [-0.15, -0.1) is 0 Å². The molecule has 1 rings (SSSR count). The number of ether oxygens (including phenoxy) is 1. The van der Waals surface area contributed by atoms with Crippen LogP contribution in [0.5, 0.6) is 5.75 Å². The summed E-state index contributed by atoms with van der Waals surface area (Å²) < 4.78 is 5.09. The molecule has 100 valence electrons. The van der Waals surface area contributed by atoms with Crippen molar-refractivity contribution >= 4 is 11.6 Å². The summed E-state index contributed by atoms with van der Waals surface area (Å²) in [6.07, 6.45) is 1.42. The molecule has 0 aromatic heterocycles. The molecule has 0 bridgehead atoms. The second-order valence-electron chi connectivity index (χ2n) is 4.36. The second kappa shape index (κ2) is 7.01. The van der Waals surface area contributed by atoms with Crippen LogP contribution in [0.1, 0.15) is 19.8 Å². The van der Waals surface area contributed by atoms with Gasteiger partial charge >= 0.3 is 0 Å². The maximum Gasteiger partial charge on any atom is 0.227 e. The van der Waals surface area contributed by atoms with Crippen LogP contribution in [0.2, 0.25) is 0 Å². The van der Waals surface area contributed by atoms with E-state index in [-0.39, 0.29) is 11.8 Å². The number of nitrogens with two attached hydrogens (primary N) is 1. The number of rotatable bonds is 6. The molecule has 2 N–H and O–H groups in total. The minimum atomic E-state index is 0.0949. The standard InChI is InChI=1S/C14H22N2O2/c1-4-11(10-15)9-14(17)16(2)12-5-7-13(18-3)8-6-12/h5-8,11H,4,9-10,15H2,1-3H3. The molecule has 0 aliphatic heterocycles. The van der Waals surface area contributed by atoms with Crippen LogP contribution in [0.4, 0.5) is 5.69 Å². The third-order valence-corrected chi connectivity index (χ3v) is 3.21. The molecule has 1 unspecified atom stereocenters. The number of hydrogen-bond acceptors (Lipinski definition) is 3. The molecule has 1 aromatic carbocycles. The van der Waals surface area contributed by atoms with Crippen LogP contribution in [0.3, 0.4) is 0 Å². The van der Waals surface area contributed by atoms with Crippen molar-refractivity contribution in [3.63, 3.8) is 0 Å². The van der Waals surface area contributed by atoms with Gasteiger partial charge in [0.2, 0.25) is 5.91 Å². The van der Waals surface area contributed by atoms with Crippen molar-refractivity contribution in [3.8, 4) is 5.75 Å². The van der Waals surface area contributed by atoms with Crippen LogP contribution in [-0.4, -0.2) is 26.6 Å². The maximum atomic E-state index is 12.1. The average Bonchev–Trinajstić information content (AvgIpc) is 2.43. The first-order chi connectivity index (χ1) is 8.62. The topological polar surface area (TPSA) is 55.6 Å². The van der Waals surface area contributed by atoms with E-state index in [2.05, 4.69) is 6.92 Å². The normalized spacial score (nSPS) is 12.0. The van der Waals surface area contributed by atoms with Crippen molar-refractivity contribution in [1.29, 1.82) is 0 Å². The molecule has 1 aromatic rings. The van der Waals surface area contributed by atoms with Gasteiger partial charge in [-0.1, -0.05) is 13.3 Å². The molecule has 0 fully saturated rings. The van der Waals surface area contributed by atoms with Gasteiger partial charge in [0.1, 0.15) is 5.75 Å². The molecule has 0 heterocycles. The number of hydrogen-bond donors (Lipinski definition) is 1. The van der Waals surface area contributed by atoms with Crippen molar-refractivity contribution in [2.45, 2.75) is 19.8 Å². The van der Waals surface area contributed by atoms with Crippen LogP contribution in [0.15, 0.2) is 24.3 Å². The van der Waals surface area contributed by atoms with Crippen LogP contribution in [0, 0.1) is 5.92 Å². The molecule has 0 spiro atoms. The molecular weight excluding hydrogens is 228 g/mol. The predicted octanol–water partition coefficient (Wildman–Crippen LogP) is 2.03. The van der Waals surface area contributed by atoms with Crippen molar-refractivity contribution in [3.05, 3.63) is 24.3 Å². The minimum Gasteiger partial charge on any atom is -0.497 e. The number of amides is 1. The van der Waals surface area contributed by atoms with Gasteiger partial charge in [-0.25, -0.2) is 0 Å². The zero-order valence-electron chi connectivity index (χ0n) is 11.3. The van der Waals surface area contributed by atoms with Crippen LogP contribution < -0.4 is 15.4 Å². The molecule has 1 amide bonds. The number of benzene rings is 1. The Bertz CT molecular complexity index is 372. The highest BCUT2D eigenvalue weighted by Crippen LogP contribution is 2.19. The van der Waals surface area contributed by atoms with E-state index in [4.69, 9.17) is 10.5 Å².